The average Bonchev–Trinajstić information content (AvgIpc) is 2.32. The number of amides is 1. The normalized spacial score (nSPS) is 10.3. The molecule has 1 aromatic carbocycles. The first-order valence-electron chi connectivity index (χ1n) is 5.35. The molecule has 0 spiro atoms. The molecule has 2 aromatic rings. The third kappa shape index (κ3) is 3.78. The van der Waals surface area contributed by atoms with Gasteiger partial charge in [-0.15, -0.1) is 0 Å². The Morgan fingerprint density at radius 1 is 1.26 bits per heavy atom. The molecule has 0 saturated heterocycles. The SMILES string of the molecule is Cc1cc(NC(=O)c2cc(Cl)cc(Br)c2)ncc1Br. The first kappa shape index (κ1) is 14.5. The highest BCUT2D eigenvalue weighted by molar-refractivity contribution is 9.10. The van der Waals surface area contributed by atoms with Gasteiger partial charge in [0.25, 0.3) is 5.91 Å². The molecule has 1 aromatic heterocycles. The second kappa shape index (κ2) is 6.03. The lowest BCUT2D eigenvalue weighted by Crippen LogP contribution is -2.13. The van der Waals surface area contributed by atoms with Gasteiger partial charge in [-0.1, -0.05) is 27.5 Å². The van der Waals surface area contributed by atoms with Crippen LogP contribution < -0.4 is 5.32 Å². The lowest BCUT2D eigenvalue weighted by atomic mass is 10.2. The lowest BCUT2D eigenvalue weighted by Gasteiger charge is -2.07. The van der Waals surface area contributed by atoms with E-state index in [1.165, 1.54) is 0 Å². The number of rotatable bonds is 2. The smallest absolute Gasteiger partial charge is 0.256 e. The number of pyridine rings is 1. The summed E-state index contributed by atoms with van der Waals surface area (Å²) in [5.41, 5.74) is 1.47. The van der Waals surface area contributed by atoms with Gasteiger partial charge < -0.3 is 5.32 Å². The molecule has 2 rings (SSSR count). The Kier molecular flexibility index (Phi) is 4.60. The van der Waals surface area contributed by atoms with E-state index in [-0.39, 0.29) is 5.91 Å². The van der Waals surface area contributed by atoms with Crippen LogP contribution in [0.1, 0.15) is 15.9 Å². The zero-order chi connectivity index (χ0) is 14.0. The highest BCUT2D eigenvalue weighted by atomic mass is 79.9. The van der Waals surface area contributed by atoms with Crippen LogP contribution in [-0.4, -0.2) is 10.9 Å². The molecule has 0 saturated carbocycles. The molecule has 0 radical (unpaired) electrons. The van der Waals surface area contributed by atoms with Gasteiger partial charge in [-0.05, 0) is 52.7 Å². The Hall–Kier alpha value is -0.910. The molecular weight excluding hydrogens is 395 g/mol. The van der Waals surface area contributed by atoms with Crippen molar-refractivity contribution in [3.8, 4) is 0 Å². The first-order valence-corrected chi connectivity index (χ1v) is 7.31. The average molecular weight is 404 g/mol. The van der Waals surface area contributed by atoms with Gasteiger partial charge in [0.15, 0.2) is 0 Å². The van der Waals surface area contributed by atoms with Gasteiger partial charge >= 0.3 is 0 Å². The Morgan fingerprint density at radius 2 is 2.00 bits per heavy atom. The fourth-order valence-electron chi connectivity index (χ4n) is 1.48. The molecule has 0 bridgehead atoms. The van der Waals surface area contributed by atoms with Crippen molar-refractivity contribution in [3.05, 3.63) is 55.6 Å². The minimum atomic E-state index is -0.252. The van der Waals surface area contributed by atoms with Gasteiger partial charge in [-0.25, -0.2) is 4.98 Å². The predicted octanol–water partition coefficient (Wildman–Crippen LogP) is 4.82. The quantitative estimate of drug-likeness (QED) is 0.780. The third-order valence-electron chi connectivity index (χ3n) is 2.41. The van der Waals surface area contributed by atoms with Crippen molar-refractivity contribution in [2.75, 3.05) is 5.32 Å². The van der Waals surface area contributed by atoms with Gasteiger partial charge in [-0.2, -0.15) is 0 Å². The number of benzene rings is 1. The first-order chi connectivity index (χ1) is 8.95. The Bertz CT molecular complexity index is 626. The van der Waals surface area contributed by atoms with E-state index < -0.39 is 0 Å². The van der Waals surface area contributed by atoms with Crippen molar-refractivity contribution in [1.82, 2.24) is 4.98 Å². The summed E-state index contributed by atoms with van der Waals surface area (Å²) in [6, 6.07) is 6.82. The van der Waals surface area contributed by atoms with E-state index >= 15 is 0 Å². The maximum Gasteiger partial charge on any atom is 0.256 e. The second-order valence-corrected chi connectivity index (χ2v) is 6.14. The highest BCUT2D eigenvalue weighted by Gasteiger charge is 2.09. The molecule has 0 aliphatic carbocycles. The summed E-state index contributed by atoms with van der Waals surface area (Å²) in [7, 11) is 0. The monoisotopic (exact) mass is 402 g/mol. The maximum absolute atomic E-state index is 12.1. The molecule has 6 heteroatoms. The molecule has 0 aliphatic rings. The summed E-state index contributed by atoms with van der Waals surface area (Å²) in [5.74, 6) is 0.249. The van der Waals surface area contributed by atoms with Gasteiger partial charge in [-0.3, -0.25) is 4.79 Å². The van der Waals surface area contributed by atoms with Crippen LogP contribution in [-0.2, 0) is 0 Å². The number of hydrogen-bond donors (Lipinski definition) is 1. The van der Waals surface area contributed by atoms with Gasteiger partial charge in [0.2, 0.25) is 0 Å². The summed E-state index contributed by atoms with van der Waals surface area (Å²) < 4.78 is 1.65. The van der Waals surface area contributed by atoms with Crippen molar-refractivity contribution in [2.45, 2.75) is 6.92 Å². The topological polar surface area (TPSA) is 42.0 Å². The number of aromatic nitrogens is 1. The van der Waals surface area contributed by atoms with Crippen molar-refractivity contribution < 1.29 is 4.79 Å². The third-order valence-corrected chi connectivity index (χ3v) is 3.92. The predicted molar refractivity (Wildman–Crippen MR) is 83.8 cm³/mol. The largest absolute Gasteiger partial charge is 0.307 e. The molecule has 0 fully saturated rings. The summed E-state index contributed by atoms with van der Waals surface area (Å²) in [4.78, 5) is 16.2. The van der Waals surface area contributed by atoms with E-state index in [9.17, 15) is 4.79 Å². The number of aryl methyl sites for hydroxylation is 1. The number of nitrogens with zero attached hydrogens (tertiary/aromatic N) is 1. The molecule has 19 heavy (non-hydrogen) atoms. The summed E-state index contributed by atoms with van der Waals surface area (Å²) in [6.45, 7) is 1.93. The second-order valence-electron chi connectivity index (χ2n) is 3.93. The molecule has 3 nitrogen and oxygen atoms in total. The molecule has 0 unspecified atom stereocenters. The highest BCUT2D eigenvalue weighted by Crippen LogP contribution is 2.21. The van der Waals surface area contributed by atoms with Crippen LogP contribution in [0.4, 0.5) is 5.82 Å². The van der Waals surface area contributed by atoms with Gasteiger partial charge in [0.05, 0.1) is 0 Å². The number of carbonyl (C=O) groups excluding carboxylic acids is 1. The molecular formula is C13H9Br2ClN2O. The van der Waals surface area contributed by atoms with Crippen molar-refractivity contribution in [3.63, 3.8) is 0 Å². The molecule has 1 amide bonds. The molecule has 0 atom stereocenters. The molecule has 98 valence electrons. The molecule has 1 heterocycles. The molecule has 1 N–H and O–H groups in total. The van der Waals surface area contributed by atoms with Crippen molar-refractivity contribution >= 4 is 55.2 Å². The van der Waals surface area contributed by atoms with Crippen LogP contribution >= 0.6 is 43.5 Å². The minimum Gasteiger partial charge on any atom is -0.307 e. The zero-order valence-electron chi connectivity index (χ0n) is 9.88. The number of hydrogen-bond acceptors (Lipinski definition) is 2. The maximum atomic E-state index is 12.1. The van der Waals surface area contributed by atoms with Crippen LogP contribution in [0.3, 0.4) is 0 Å². The van der Waals surface area contributed by atoms with Crippen LogP contribution in [0.15, 0.2) is 39.4 Å². The number of nitrogens with one attached hydrogen (secondary N) is 1. The Labute approximate surface area is 132 Å². The number of carbonyl (C=O) groups is 1. The summed E-state index contributed by atoms with van der Waals surface area (Å²) in [5, 5.41) is 3.23. The Balaban J connectivity index is 2.22. The van der Waals surface area contributed by atoms with E-state index in [0.29, 0.717) is 16.4 Å². The van der Waals surface area contributed by atoms with Crippen molar-refractivity contribution in [2.24, 2.45) is 0 Å². The van der Waals surface area contributed by atoms with E-state index in [0.717, 1.165) is 14.5 Å². The minimum absolute atomic E-state index is 0.252. The van der Waals surface area contributed by atoms with Crippen LogP contribution in [0, 0.1) is 6.92 Å². The van der Waals surface area contributed by atoms with Crippen LogP contribution in [0.2, 0.25) is 5.02 Å². The van der Waals surface area contributed by atoms with E-state index in [4.69, 9.17) is 11.6 Å². The van der Waals surface area contributed by atoms with Gasteiger partial charge in [0.1, 0.15) is 5.82 Å². The van der Waals surface area contributed by atoms with E-state index in [2.05, 4.69) is 42.2 Å². The van der Waals surface area contributed by atoms with E-state index in [1.54, 1.807) is 30.5 Å². The summed E-state index contributed by atoms with van der Waals surface area (Å²) in [6.07, 6.45) is 1.65. The van der Waals surface area contributed by atoms with Crippen molar-refractivity contribution in [1.29, 1.82) is 0 Å². The van der Waals surface area contributed by atoms with E-state index in [1.807, 2.05) is 6.92 Å². The fraction of sp³-hybridized carbons (Fsp3) is 0.0769. The fourth-order valence-corrected chi connectivity index (χ4v) is 2.56. The summed E-state index contributed by atoms with van der Waals surface area (Å²) >= 11 is 12.6. The van der Waals surface area contributed by atoms with Gasteiger partial charge in [0, 0.05) is 25.7 Å². The van der Waals surface area contributed by atoms with Crippen LogP contribution in [0.25, 0.3) is 0 Å². The molecule has 0 aliphatic heterocycles. The standard InChI is InChI=1S/C13H9Br2ClN2O/c1-7-2-12(17-6-11(7)15)18-13(19)8-3-9(14)5-10(16)4-8/h2-6H,1H3,(H,17,18,19). The number of halogens is 3. The number of anilines is 1. The lowest BCUT2D eigenvalue weighted by molar-refractivity contribution is 0.102. The van der Waals surface area contributed by atoms with Crippen LogP contribution in [0.5, 0.6) is 0 Å². The zero-order valence-corrected chi connectivity index (χ0v) is 13.8. The Morgan fingerprint density at radius 3 is 2.63 bits per heavy atom.